The van der Waals surface area contributed by atoms with Crippen LogP contribution >= 0.6 is 11.6 Å². The van der Waals surface area contributed by atoms with Gasteiger partial charge in [0, 0.05) is 41.3 Å². The number of nitrogens with one attached hydrogen (secondary N) is 3. The van der Waals surface area contributed by atoms with Crippen molar-refractivity contribution >= 4 is 34.4 Å². The van der Waals surface area contributed by atoms with Crippen LogP contribution in [0.25, 0.3) is 22.2 Å². The van der Waals surface area contributed by atoms with Crippen LogP contribution in [0, 0.1) is 5.92 Å². The van der Waals surface area contributed by atoms with Gasteiger partial charge in [0.2, 0.25) is 5.91 Å². The number of fused-ring (bicyclic) bond motifs is 1. The van der Waals surface area contributed by atoms with E-state index in [4.69, 9.17) is 11.6 Å². The van der Waals surface area contributed by atoms with Gasteiger partial charge in [-0.3, -0.25) is 4.79 Å². The topological polar surface area (TPSA) is 82.7 Å². The zero-order chi connectivity index (χ0) is 21.2. The summed E-state index contributed by atoms with van der Waals surface area (Å²) >= 11 is 6.35. The maximum atomic E-state index is 12.4. The van der Waals surface area contributed by atoms with Gasteiger partial charge in [0.05, 0.1) is 0 Å². The lowest BCUT2D eigenvalue weighted by Gasteiger charge is -2.30. The molecule has 3 heterocycles. The number of aromatic amines is 1. The molecule has 7 heteroatoms. The van der Waals surface area contributed by atoms with Crippen LogP contribution in [0.15, 0.2) is 36.7 Å². The van der Waals surface area contributed by atoms with E-state index in [1.54, 1.807) is 6.20 Å². The second-order valence-electron chi connectivity index (χ2n) is 8.85. The molecule has 0 unspecified atom stereocenters. The van der Waals surface area contributed by atoms with E-state index < -0.39 is 0 Å². The van der Waals surface area contributed by atoms with Crippen molar-refractivity contribution in [2.75, 3.05) is 5.32 Å². The Labute approximate surface area is 187 Å². The molecule has 0 aromatic carbocycles. The van der Waals surface area contributed by atoms with Gasteiger partial charge in [0.1, 0.15) is 16.6 Å². The quantitative estimate of drug-likeness (QED) is 0.472. The predicted molar refractivity (Wildman–Crippen MR) is 124 cm³/mol. The molecule has 5 rings (SSSR count). The molecule has 31 heavy (non-hydrogen) atoms. The SMILES string of the molecule is O=C(NC1CCC(Nc2cc(-c3c[nH]c4ncccc34)cc(Cl)n2)CC1)C1CCCC1. The normalized spacial score (nSPS) is 22.0. The average molecular weight is 438 g/mol. The number of amides is 1. The molecule has 0 saturated heterocycles. The van der Waals surface area contributed by atoms with Crippen molar-refractivity contribution in [3.8, 4) is 11.1 Å². The summed E-state index contributed by atoms with van der Waals surface area (Å²) in [7, 11) is 0. The smallest absolute Gasteiger partial charge is 0.223 e. The number of carbonyl (C=O) groups excluding carboxylic acids is 1. The van der Waals surface area contributed by atoms with Gasteiger partial charge < -0.3 is 15.6 Å². The van der Waals surface area contributed by atoms with Gasteiger partial charge in [0.15, 0.2) is 0 Å². The van der Waals surface area contributed by atoms with Crippen molar-refractivity contribution < 1.29 is 4.79 Å². The molecule has 6 nitrogen and oxygen atoms in total. The molecule has 3 N–H and O–H groups in total. The molecule has 2 aliphatic carbocycles. The van der Waals surface area contributed by atoms with Crippen LogP contribution in [0.2, 0.25) is 5.15 Å². The van der Waals surface area contributed by atoms with Crippen LogP contribution in [-0.2, 0) is 4.79 Å². The van der Waals surface area contributed by atoms with Crippen LogP contribution in [0.5, 0.6) is 0 Å². The van der Waals surface area contributed by atoms with Gasteiger partial charge in [-0.25, -0.2) is 9.97 Å². The van der Waals surface area contributed by atoms with Gasteiger partial charge >= 0.3 is 0 Å². The number of carbonyl (C=O) groups is 1. The Balaban J connectivity index is 1.22. The van der Waals surface area contributed by atoms with Crippen molar-refractivity contribution in [3.05, 3.63) is 41.8 Å². The maximum Gasteiger partial charge on any atom is 0.223 e. The second kappa shape index (κ2) is 8.87. The fourth-order valence-corrected chi connectivity index (χ4v) is 5.23. The van der Waals surface area contributed by atoms with E-state index in [0.717, 1.165) is 66.5 Å². The lowest BCUT2D eigenvalue weighted by Crippen LogP contribution is -2.42. The molecular formula is C24H28ClN5O. The Kier molecular flexibility index (Phi) is 5.81. The number of halogens is 1. The Hall–Kier alpha value is -2.60. The lowest BCUT2D eigenvalue weighted by atomic mass is 9.90. The first-order valence-electron chi connectivity index (χ1n) is 11.3. The Morgan fingerprint density at radius 1 is 1.06 bits per heavy atom. The zero-order valence-electron chi connectivity index (χ0n) is 17.5. The van der Waals surface area contributed by atoms with Gasteiger partial charge in [0.25, 0.3) is 0 Å². The number of pyridine rings is 2. The largest absolute Gasteiger partial charge is 0.367 e. The minimum Gasteiger partial charge on any atom is -0.367 e. The third-order valence-corrected chi connectivity index (χ3v) is 6.90. The molecule has 0 aliphatic heterocycles. The van der Waals surface area contributed by atoms with Crippen LogP contribution < -0.4 is 10.6 Å². The third kappa shape index (κ3) is 4.54. The van der Waals surface area contributed by atoms with E-state index in [1.807, 2.05) is 18.3 Å². The minimum atomic E-state index is 0.240. The van der Waals surface area contributed by atoms with E-state index in [2.05, 4.69) is 37.7 Å². The van der Waals surface area contributed by atoms with Crippen LogP contribution in [0.1, 0.15) is 51.4 Å². The summed E-state index contributed by atoms with van der Waals surface area (Å²) < 4.78 is 0. The predicted octanol–water partition coefficient (Wildman–Crippen LogP) is 5.31. The monoisotopic (exact) mass is 437 g/mol. The highest BCUT2D eigenvalue weighted by Crippen LogP contribution is 2.32. The van der Waals surface area contributed by atoms with E-state index in [1.165, 1.54) is 12.8 Å². The van der Waals surface area contributed by atoms with Crippen molar-refractivity contribution in [1.82, 2.24) is 20.3 Å². The summed E-state index contributed by atoms with van der Waals surface area (Å²) in [6.45, 7) is 0. The van der Waals surface area contributed by atoms with Gasteiger partial charge in [-0.15, -0.1) is 0 Å². The maximum absolute atomic E-state index is 12.4. The highest BCUT2D eigenvalue weighted by atomic mass is 35.5. The van der Waals surface area contributed by atoms with Gasteiger partial charge in [-0.1, -0.05) is 24.4 Å². The molecule has 2 aliphatic rings. The number of hydrogen-bond acceptors (Lipinski definition) is 4. The second-order valence-corrected chi connectivity index (χ2v) is 9.24. The standard InChI is InChI=1S/C24H28ClN5O/c25-21-12-16(20-14-27-23-19(20)6-3-11-26-23)13-22(30-21)28-17-7-9-18(10-8-17)29-24(31)15-4-1-2-5-15/h3,6,11-15,17-18H,1-2,4-5,7-10H2,(H,26,27)(H,28,30)(H,29,31). The molecule has 0 spiro atoms. The molecule has 162 valence electrons. The van der Waals surface area contributed by atoms with Gasteiger partial charge in [-0.2, -0.15) is 0 Å². The molecule has 2 fully saturated rings. The van der Waals surface area contributed by atoms with Gasteiger partial charge in [-0.05, 0) is 68.4 Å². The number of hydrogen-bond donors (Lipinski definition) is 3. The molecule has 1 amide bonds. The van der Waals surface area contributed by atoms with E-state index in [0.29, 0.717) is 17.2 Å². The molecule has 3 aromatic heterocycles. The first-order chi connectivity index (χ1) is 15.2. The molecule has 0 atom stereocenters. The molecule has 0 bridgehead atoms. The Bertz CT molecular complexity index is 1070. The Morgan fingerprint density at radius 3 is 2.65 bits per heavy atom. The summed E-state index contributed by atoms with van der Waals surface area (Å²) in [5, 5.41) is 8.39. The van der Waals surface area contributed by atoms with Crippen molar-refractivity contribution in [2.45, 2.75) is 63.5 Å². The molecular weight excluding hydrogens is 410 g/mol. The zero-order valence-corrected chi connectivity index (χ0v) is 18.3. The summed E-state index contributed by atoms with van der Waals surface area (Å²) in [5.74, 6) is 1.30. The summed E-state index contributed by atoms with van der Waals surface area (Å²) in [6.07, 6.45) is 12.3. The number of anilines is 1. The van der Waals surface area contributed by atoms with E-state index in [9.17, 15) is 4.79 Å². The highest BCUT2D eigenvalue weighted by Gasteiger charge is 2.27. The fraction of sp³-hybridized carbons (Fsp3) is 0.458. The summed E-state index contributed by atoms with van der Waals surface area (Å²) in [6, 6.07) is 8.56. The molecule has 2 saturated carbocycles. The van der Waals surface area contributed by atoms with Crippen molar-refractivity contribution in [1.29, 1.82) is 0 Å². The fourth-order valence-electron chi connectivity index (χ4n) is 5.02. The summed E-state index contributed by atoms with van der Waals surface area (Å²) in [5.41, 5.74) is 2.94. The van der Waals surface area contributed by atoms with Crippen LogP contribution in [-0.4, -0.2) is 32.9 Å². The number of aromatic nitrogens is 3. The molecule has 3 aromatic rings. The Morgan fingerprint density at radius 2 is 1.84 bits per heavy atom. The molecule has 0 radical (unpaired) electrons. The number of H-pyrrole nitrogens is 1. The lowest BCUT2D eigenvalue weighted by molar-refractivity contribution is -0.125. The minimum absolute atomic E-state index is 0.240. The van der Waals surface area contributed by atoms with Crippen LogP contribution in [0.3, 0.4) is 0 Å². The van der Waals surface area contributed by atoms with E-state index in [-0.39, 0.29) is 11.8 Å². The highest BCUT2D eigenvalue weighted by molar-refractivity contribution is 6.29. The number of rotatable bonds is 5. The average Bonchev–Trinajstić information content (AvgIpc) is 3.45. The first kappa shape index (κ1) is 20.3. The first-order valence-corrected chi connectivity index (χ1v) is 11.7. The third-order valence-electron chi connectivity index (χ3n) is 6.71. The van der Waals surface area contributed by atoms with Crippen LogP contribution in [0.4, 0.5) is 5.82 Å². The number of nitrogens with zero attached hydrogens (tertiary/aromatic N) is 2. The van der Waals surface area contributed by atoms with E-state index >= 15 is 0 Å². The van der Waals surface area contributed by atoms with Crippen molar-refractivity contribution in [3.63, 3.8) is 0 Å². The summed E-state index contributed by atoms with van der Waals surface area (Å²) in [4.78, 5) is 24.5. The van der Waals surface area contributed by atoms with Crippen molar-refractivity contribution in [2.24, 2.45) is 5.92 Å².